The van der Waals surface area contributed by atoms with Crippen molar-refractivity contribution in [3.05, 3.63) is 0 Å². The normalized spacial score (nSPS) is 28.8. The maximum absolute atomic E-state index is 12.0. The van der Waals surface area contributed by atoms with E-state index in [0.29, 0.717) is 6.54 Å². The van der Waals surface area contributed by atoms with E-state index in [0.717, 1.165) is 19.4 Å². The van der Waals surface area contributed by atoms with Crippen LogP contribution in [0.15, 0.2) is 0 Å². The van der Waals surface area contributed by atoms with Crippen molar-refractivity contribution in [1.82, 2.24) is 10.2 Å². The lowest BCUT2D eigenvalue weighted by Crippen LogP contribution is -2.69. The highest BCUT2D eigenvalue weighted by Gasteiger charge is 2.52. The summed E-state index contributed by atoms with van der Waals surface area (Å²) < 4.78 is 5.70. The van der Waals surface area contributed by atoms with Crippen LogP contribution in [0.2, 0.25) is 0 Å². The first-order valence-corrected chi connectivity index (χ1v) is 6.80. The second kappa shape index (κ2) is 5.36. The maximum atomic E-state index is 12.0. The lowest BCUT2D eigenvalue weighted by molar-refractivity contribution is -0.136. The van der Waals surface area contributed by atoms with Gasteiger partial charge in [-0.2, -0.15) is 0 Å². The zero-order valence-electron chi connectivity index (χ0n) is 11.5. The van der Waals surface area contributed by atoms with Gasteiger partial charge in [-0.3, -0.25) is 4.79 Å². The monoisotopic (exact) mass is 270 g/mol. The number of urea groups is 1. The van der Waals surface area contributed by atoms with Crippen LogP contribution in [0.4, 0.5) is 4.79 Å². The van der Waals surface area contributed by atoms with Crippen molar-refractivity contribution >= 4 is 12.0 Å². The van der Waals surface area contributed by atoms with Crippen molar-refractivity contribution in [3.63, 3.8) is 0 Å². The summed E-state index contributed by atoms with van der Waals surface area (Å²) in [6, 6.07) is -0.0825. The van der Waals surface area contributed by atoms with E-state index >= 15 is 0 Å². The Morgan fingerprint density at radius 2 is 2.21 bits per heavy atom. The Morgan fingerprint density at radius 3 is 2.74 bits per heavy atom. The predicted molar refractivity (Wildman–Crippen MR) is 68.9 cm³/mol. The van der Waals surface area contributed by atoms with Crippen LogP contribution in [0, 0.1) is 5.41 Å². The zero-order valence-corrected chi connectivity index (χ0v) is 11.5. The number of nitrogens with one attached hydrogen (secondary N) is 1. The molecule has 0 radical (unpaired) electrons. The molecule has 2 unspecified atom stereocenters. The van der Waals surface area contributed by atoms with E-state index in [1.807, 2.05) is 0 Å². The fourth-order valence-corrected chi connectivity index (χ4v) is 3.07. The Morgan fingerprint density at radius 1 is 1.47 bits per heavy atom. The minimum absolute atomic E-state index is 0.0480. The van der Waals surface area contributed by atoms with E-state index in [9.17, 15) is 9.59 Å². The molecule has 2 fully saturated rings. The summed E-state index contributed by atoms with van der Waals surface area (Å²) in [5.74, 6) is -0.903. The smallest absolute Gasteiger partial charge is 0.317 e. The molecule has 0 aromatic carbocycles. The summed E-state index contributed by atoms with van der Waals surface area (Å²) >= 11 is 0. The lowest BCUT2D eigenvalue weighted by atomic mass is 9.72. The number of aliphatic carboxylic acids is 1. The topological polar surface area (TPSA) is 78.9 Å². The SMILES string of the molecule is CC1(C)CN(C(=O)NCCC(=O)O)C1C1CCCO1. The molecule has 2 aliphatic heterocycles. The van der Waals surface area contributed by atoms with Gasteiger partial charge in [-0.1, -0.05) is 13.8 Å². The van der Waals surface area contributed by atoms with Crippen molar-refractivity contribution in [2.75, 3.05) is 19.7 Å². The fraction of sp³-hybridized carbons (Fsp3) is 0.846. The van der Waals surface area contributed by atoms with Crippen LogP contribution in [0.5, 0.6) is 0 Å². The van der Waals surface area contributed by atoms with E-state index in [1.165, 1.54) is 0 Å². The fourth-order valence-electron chi connectivity index (χ4n) is 3.07. The standard InChI is InChI=1S/C13H22N2O4/c1-13(2)8-15(11(13)9-4-3-7-19-9)12(18)14-6-5-10(16)17/h9,11H,3-8H2,1-2H3,(H,14,18)(H,16,17). The molecule has 2 N–H and O–H groups in total. The third-order valence-electron chi connectivity index (χ3n) is 3.91. The van der Waals surface area contributed by atoms with E-state index in [-0.39, 0.29) is 36.6 Å². The molecule has 2 rings (SSSR count). The number of nitrogens with zero attached hydrogens (tertiary/aromatic N) is 1. The largest absolute Gasteiger partial charge is 0.481 e. The highest BCUT2D eigenvalue weighted by atomic mass is 16.5. The van der Waals surface area contributed by atoms with Crippen LogP contribution in [-0.2, 0) is 9.53 Å². The second-order valence-corrected chi connectivity index (χ2v) is 5.99. The molecule has 2 saturated heterocycles. The summed E-state index contributed by atoms with van der Waals surface area (Å²) in [4.78, 5) is 24.2. The number of carbonyl (C=O) groups is 2. The number of hydrogen-bond acceptors (Lipinski definition) is 3. The third kappa shape index (κ3) is 3.00. The predicted octanol–water partition coefficient (Wildman–Crippen LogP) is 1.06. The minimum Gasteiger partial charge on any atom is -0.481 e. The van der Waals surface area contributed by atoms with Crippen LogP contribution < -0.4 is 5.32 Å². The van der Waals surface area contributed by atoms with Gasteiger partial charge in [-0.25, -0.2) is 4.79 Å². The Labute approximate surface area is 113 Å². The van der Waals surface area contributed by atoms with Gasteiger partial charge < -0.3 is 20.1 Å². The highest BCUT2D eigenvalue weighted by molar-refractivity contribution is 5.76. The van der Waals surface area contributed by atoms with Gasteiger partial charge in [0, 0.05) is 25.1 Å². The molecular formula is C13H22N2O4. The van der Waals surface area contributed by atoms with Crippen molar-refractivity contribution in [1.29, 1.82) is 0 Å². The molecule has 0 bridgehead atoms. The van der Waals surface area contributed by atoms with Gasteiger partial charge in [0.25, 0.3) is 0 Å². The number of ether oxygens (including phenoxy) is 1. The number of carbonyl (C=O) groups excluding carboxylic acids is 1. The second-order valence-electron chi connectivity index (χ2n) is 5.99. The van der Waals surface area contributed by atoms with E-state index in [1.54, 1.807) is 4.90 Å². The Bertz CT molecular complexity index is 364. The lowest BCUT2D eigenvalue weighted by Gasteiger charge is -2.56. The maximum Gasteiger partial charge on any atom is 0.317 e. The van der Waals surface area contributed by atoms with Gasteiger partial charge in [-0.15, -0.1) is 0 Å². The number of rotatable bonds is 4. The van der Waals surface area contributed by atoms with Crippen molar-refractivity contribution in [2.24, 2.45) is 5.41 Å². The van der Waals surface area contributed by atoms with Crippen LogP contribution in [-0.4, -0.2) is 53.8 Å². The Kier molecular flexibility index (Phi) is 3.99. The summed E-state index contributed by atoms with van der Waals surface area (Å²) in [7, 11) is 0. The molecule has 19 heavy (non-hydrogen) atoms. The first-order valence-electron chi connectivity index (χ1n) is 6.80. The number of amides is 2. The van der Waals surface area contributed by atoms with E-state index in [4.69, 9.17) is 9.84 Å². The molecule has 2 atom stereocenters. The summed E-state index contributed by atoms with van der Waals surface area (Å²) in [5, 5.41) is 11.2. The average molecular weight is 270 g/mol. The van der Waals surface area contributed by atoms with Gasteiger partial charge in [-0.05, 0) is 12.8 Å². The summed E-state index contributed by atoms with van der Waals surface area (Å²) in [6.45, 7) is 5.91. The summed E-state index contributed by atoms with van der Waals surface area (Å²) in [5.41, 5.74) is 0.0686. The number of carboxylic acid groups (broad SMARTS) is 1. The Balaban J connectivity index is 1.88. The third-order valence-corrected chi connectivity index (χ3v) is 3.91. The van der Waals surface area contributed by atoms with Gasteiger partial charge in [0.15, 0.2) is 0 Å². The molecule has 2 amide bonds. The van der Waals surface area contributed by atoms with Crippen LogP contribution in [0.3, 0.4) is 0 Å². The molecule has 2 heterocycles. The molecule has 0 saturated carbocycles. The molecule has 6 nitrogen and oxygen atoms in total. The van der Waals surface area contributed by atoms with Gasteiger partial charge >= 0.3 is 12.0 Å². The zero-order chi connectivity index (χ0) is 14.0. The molecule has 0 aliphatic carbocycles. The molecule has 0 aromatic rings. The molecule has 0 aromatic heterocycles. The van der Waals surface area contributed by atoms with Gasteiger partial charge in [0.05, 0.1) is 18.6 Å². The number of hydrogen-bond donors (Lipinski definition) is 2. The van der Waals surface area contributed by atoms with Crippen molar-refractivity contribution in [3.8, 4) is 0 Å². The molecule has 108 valence electrons. The first-order chi connectivity index (χ1) is 8.92. The average Bonchev–Trinajstić information content (AvgIpc) is 2.78. The molecule has 6 heteroatoms. The van der Waals surface area contributed by atoms with E-state index in [2.05, 4.69) is 19.2 Å². The number of likely N-dealkylation sites (tertiary alicyclic amines) is 1. The highest BCUT2D eigenvalue weighted by Crippen LogP contribution is 2.42. The molecular weight excluding hydrogens is 248 g/mol. The van der Waals surface area contributed by atoms with Crippen molar-refractivity contribution < 1.29 is 19.4 Å². The van der Waals surface area contributed by atoms with Gasteiger partial charge in [0.2, 0.25) is 0 Å². The molecule has 2 aliphatic rings. The van der Waals surface area contributed by atoms with E-state index < -0.39 is 5.97 Å². The number of carboxylic acids is 1. The first kappa shape index (κ1) is 14.1. The van der Waals surface area contributed by atoms with Crippen LogP contribution >= 0.6 is 0 Å². The van der Waals surface area contributed by atoms with Gasteiger partial charge in [0.1, 0.15) is 0 Å². The Hall–Kier alpha value is -1.30. The van der Waals surface area contributed by atoms with Crippen molar-refractivity contribution in [2.45, 2.75) is 45.3 Å². The van der Waals surface area contributed by atoms with Crippen LogP contribution in [0.25, 0.3) is 0 Å². The molecule has 0 spiro atoms. The summed E-state index contributed by atoms with van der Waals surface area (Å²) in [6.07, 6.45) is 2.11. The minimum atomic E-state index is -0.903. The quantitative estimate of drug-likeness (QED) is 0.800. The van der Waals surface area contributed by atoms with Crippen LogP contribution in [0.1, 0.15) is 33.1 Å².